The fourth-order valence-electron chi connectivity index (χ4n) is 1.72. The Morgan fingerprint density at radius 2 is 1.92 bits per heavy atom. The Morgan fingerprint density at radius 3 is 2.50 bits per heavy atom. The van der Waals surface area contributed by atoms with Gasteiger partial charge in [0.1, 0.15) is 12.1 Å². The van der Waals surface area contributed by atoms with Crippen molar-refractivity contribution < 1.29 is 19.1 Å². The van der Waals surface area contributed by atoms with Crippen LogP contribution in [0.3, 0.4) is 0 Å². The van der Waals surface area contributed by atoms with Gasteiger partial charge in [-0.25, -0.2) is 14.5 Å². The highest BCUT2D eigenvalue weighted by Crippen LogP contribution is 2.10. The number of carbonyl (C=O) groups is 2. The predicted octanol–water partition coefficient (Wildman–Crippen LogP) is 2.67. The van der Waals surface area contributed by atoms with Gasteiger partial charge in [-0.3, -0.25) is 0 Å². The molecule has 0 fully saturated rings. The molecule has 0 aliphatic rings. The number of carbonyl (C=O) groups excluding carboxylic acids is 2. The van der Waals surface area contributed by atoms with Gasteiger partial charge in [-0.2, -0.15) is 5.26 Å². The van der Waals surface area contributed by atoms with Crippen molar-refractivity contribution in [1.82, 2.24) is 10.2 Å². The van der Waals surface area contributed by atoms with Gasteiger partial charge in [0, 0.05) is 0 Å². The molecule has 130 valence electrons. The Bertz CT molecular complexity index is 576. The first kappa shape index (κ1) is 19.5. The summed E-state index contributed by atoms with van der Waals surface area (Å²) in [6.07, 6.45) is -0.777. The van der Waals surface area contributed by atoms with Gasteiger partial charge in [0.25, 0.3) is 0 Å². The van der Waals surface area contributed by atoms with E-state index >= 15 is 0 Å². The van der Waals surface area contributed by atoms with Crippen molar-refractivity contribution in [3.63, 3.8) is 0 Å². The monoisotopic (exact) mass is 333 g/mol. The Labute approximate surface area is 142 Å². The third-order valence-corrected chi connectivity index (χ3v) is 2.75. The minimum Gasteiger partial charge on any atom is -0.443 e. The molecule has 1 aromatic rings. The molecule has 0 unspecified atom stereocenters. The van der Waals surface area contributed by atoms with Crippen LogP contribution in [0.4, 0.5) is 9.59 Å². The number of nitrogens with zero attached hydrogens (tertiary/aromatic N) is 2. The maximum atomic E-state index is 12.1. The molecule has 7 nitrogen and oxygen atoms in total. The predicted molar refractivity (Wildman–Crippen MR) is 88.0 cm³/mol. The van der Waals surface area contributed by atoms with Crippen LogP contribution < -0.4 is 5.32 Å². The first-order chi connectivity index (χ1) is 11.3. The van der Waals surface area contributed by atoms with Gasteiger partial charge in [0.15, 0.2) is 0 Å². The summed E-state index contributed by atoms with van der Waals surface area (Å²) in [6, 6.07) is 10.7. The number of nitriles is 1. The third kappa shape index (κ3) is 7.61. The van der Waals surface area contributed by atoms with Crippen molar-refractivity contribution in [3.8, 4) is 6.07 Å². The van der Waals surface area contributed by atoms with Crippen LogP contribution in [0.1, 0.15) is 26.3 Å². The Kier molecular flexibility index (Phi) is 7.72. The lowest BCUT2D eigenvalue weighted by atomic mass is 10.2. The molecule has 0 aliphatic carbocycles. The second-order valence-corrected chi connectivity index (χ2v) is 5.99. The van der Waals surface area contributed by atoms with Gasteiger partial charge in [0.05, 0.1) is 25.8 Å². The largest absolute Gasteiger partial charge is 0.443 e. The van der Waals surface area contributed by atoms with E-state index < -0.39 is 17.7 Å². The van der Waals surface area contributed by atoms with Crippen molar-refractivity contribution >= 4 is 12.1 Å². The third-order valence-electron chi connectivity index (χ3n) is 2.75. The van der Waals surface area contributed by atoms with Gasteiger partial charge < -0.3 is 14.8 Å². The Hall–Kier alpha value is -2.59. The SMILES string of the molecule is CC(C)(C)OC(=O)N(CCOCc1ccccc1)C(=O)NCC#N. The molecule has 1 aromatic carbocycles. The quantitative estimate of drug-likeness (QED) is 0.638. The Morgan fingerprint density at radius 1 is 1.25 bits per heavy atom. The number of hydrogen-bond donors (Lipinski definition) is 1. The van der Waals surface area contributed by atoms with E-state index in [0.29, 0.717) is 6.61 Å². The van der Waals surface area contributed by atoms with Crippen LogP contribution in [-0.4, -0.2) is 42.3 Å². The van der Waals surface area contributed by atoms with Crippen molar-refractivity contribution in [3.05, 3.63) is 35.9 Å². The number of amides is 3. The molecule has 0 spiro atoms. The van der Waals surface area contributed by atoms with Gasteiger partial charge in [0.2, 0.25) is 0 Å². The molecule has 24 heavy (non-hydrogen) atoms. The van der Waals surface area contributed by atoms with Gasteiger partial charge in [-0.05, 0) is 26.3 Å². The molecule has 0 bridgehead atoms. The summed E-state index contributed by atoms with van der Waals surface area (Å²) < 4.78 is 10.7. The highest BCUT2D eigenvalue weighted by atomic mass is 16.6. The second-order valence-electron chi connectivity index (χ2n) is 5.99. The molecule has 0 aromatic heterocycles. The first-order valence-electron chi connectivity index (χ1n) is 7.60. The number of rotatable bonds is 6. The van der Waals surface area contributed by atoms with Crippen LogP contribution in [0.15, 0.2) is 30.3 Å². The number of hydrogen-bond acceptors (Lipinski definition) is 5. The van der Waals surface area contributed by atoms with Crippen LogP contribution in [0, 0.1) is 11.3 Å². The normalized spacial score (nSPS) is 10.6. The number of benzene rings is 1. The molecule has 0 saturated carbocycles. The molecular formula is C17H23N3O4. The number of nitrogens with one attached hydrogen (secondary N) is 1. The molecule has 3 amide bonds. The second kappa shape index (κ2) is 9.53. The topological polar surface area (TPSA) is 91.7 Å². The molecular weight excluding hydrogens is 310 g/mol. The zero-order valence-corrected chi connectivity index (χ0v) is 14.2. The van der Waals surface area contributed by atoms with Gasteiger partial charge >= 0.3 is 12.1 Å². The molecule has 1 N–H and O–H groups in total. The summed E-state index contributed by atoms with van der Waals surface area (Å²) >= 11 is 0. The fourth-order valence-corrected chi connectivity index (χ4v) is 1.72. The zero-order valence-electron chi connectivity index (χ0n) is 14.2. The lowest BCUT2D eigenvalue weighted by Crippen LogP contribution is -2.47. The molecule has 0 radical (unpaired) electrons. The lowest BCUT2D eigenvalue weighted by molar-refractivity contribution is 0.0249. The standard InChI is InChI=1S/C17H23N3O4/c1-17(2,3)24-16(22)20(15(21)19-10-9-18)11-12-23-13-14-7-5-4-6-8-14/h4-8H,10-13H2,1-3H3,(H,19,21). The summed E-state index contributed by atoms with van der Waals surface area (Å²) in [5.41, 5.74) is 0.269. The van der Waals surface area contributed by atoms with E-state index in [2.05, 4.69) is 5.32 Å². The minimum atomic E-state index is -0.777. The molecule has 0 aliphatic heterocycles. The van der Waals surface area contributed by atoms with Gasteiger partial charge in [-0.15, -0.1) is 0 Å². The summed E-state index contributed by atoms with van der Waals surface area (Å²) in [5.74, 6) is 0. The fraction of sp³-hybridized carbons (Fsp3) is 0.471. The molecule has 0 atom stereocenters. The smallest absolute Gasteiger partial charge is 0.418 e. The van der Waals surface area contributed by atoms with E-state index in [-0.39, 0.29) is 19.7 Å². The van der Waals surface area contributed by atoms with Crippen LogP contribution in [0.5, 0.6) is 0 Å². The molecule has 7 heteroatoms. The van der Waals surface area contributed by atoms with Crippen molar-refractivity contribution in [2.75, 3.05) is 19.7 Å². The molecule has 0 heterocycles. The van der Waals surface area contributed by atoms with Crippen molar-refractivity contribution in [1.29, 1.82) is 5.26 Å². The summed E-state index contributed by atoms with van der Waals surface area (Å²) in [5, 5.41) is 10.9. The van der Waals surface area contributed by atoms with E-state index in [4.69, 9.17) is 14.7 Å². The van der Waals surface area contributed by atoms with Crippen molar-refractivity contribution in [2.24, 2.45) is 0 Å². The van der Waals surface area contributed by atoms with Crippen LogP contribution in [-0.2, 0) is 16.1 Å². The van der Waals surface area contributed by atoms with Gasteiger partial charge in [-0.1, -0.05) is 30.3 Å². The van der Waals surface area contributed by atoms with Crippen LogP contribution in [0.25, 0.3) is 0 Å². The zero-order chi connectivity index (χ0) is 18.0. The highest BCUT2D eigenvalue weighted by Gasteiger charge is 2.26. The van der Waals surface area contributed by atoms with Crippen LogP contribution >= 0.6 is 0 Å². The lowest BCUT2D eigenvalue weighted by Gasteiger charge is -2.26. The van der Waals surface area contributed by atoms with E-state index in [1.165, 1.54) is 0 Å². The average Bonchev–Trinajstić information content (AvgIpc) is 2.51. The molecule has 0 saturated heterocycles. The number of ether oxygens (including phenoxy) is 2. The van der Waals surface area contributed by atoms with E-state index in [0.717, 1.165) is 10.5 Å². The summed E-state index contributed by atoms with van der Waals surface area (Å²) in [4.78, 5) is 25.0. The average molecular weight is 333 g/mol. The molecule has 1 rings (SSSR count). The minimum absolute atomic E-state index is 0.0268. The summed E-state index contributed by atoms with van der Waals surface area (Å²) in [6.45, 7) is 5.51. The highest BCUT2D eigenvalue weighted by molar-refractivity contribution is 5.91. The number of urea groups is 1. The van der Waals surface area contributed by atoms with E-state index in [1.807, 2.05) is 30.3 Å². The van der Waals surface area contributed by atoms with E-state index in [9.17, 15) is 9.59 Å². The first-order valence-corrected chi connectivity index (χ1v) is 7.60. The van der Waals surface area contributed by atoms with Crippen molar-refractivity contribution in [2.45, 2.75) is 33.0 Å². The maximum Gasteiger partial charge on any atom is 0.418 e. The van der Waals surface area contributed by atoms with E-state index in [1.54, 1.807) is 26.8 Å². The maximum absolute atomic E-state index is 12.1. The summed E-state index contributed by atoms with van der Waals surface area (Å²) in [7, 11) is 0. The number of imide groups is 1. The Balaban J connectivity index is 2.56. The van der Waals surface area contributed by atoms with Crippen LogP contribution in [0.2, 0.25) is 0 Å².